The molecule has 0 spiro atoms. The zero-order valence-corrected chi connectivity index (χ0v) is 18.6. The first kappa shape index (κ1) is 24.3. The molecule has 0 radical (unpaired) electrons. The summed E-state index contributed by atoms with van der Waals surface area (Å²) in [4.78, 5) is 16.0. The van der Waals surface area contributed by atoms with E-state index in [0.717, 1.165) is 18.2 Å². The lowest BCUT2D eigenvalue weighted by atomic mass is 9.91. The molecule has 0 aliphatic heterocycles. The molecule has 1 heterocycles. The third-order valence-electron chi connectivity index (χ3n) is 5.28. The van der Waals surface area contributed by atoms with E-state index >= 15 is 0 Å². The number of nitrogens with one attached hydrogen (secondary N) is 1. The second kappa shape index (κ2) is 9.79. The van der Waals surface area contributed by atoms with E-state index in [2.05, 4.69) is 10.3 Å². The lowest BCUT2D eigenvalue weighted by Gasteiger charge is -2.15. The zero-order valence-electron chi connectivity index (χ0n) is 17.8. The molecule has 10 heteroatoms. The zero-order chi connectivity index (χ0) is 25.2. The minimum absolute atomic E-state index is 0.113. The summed E-state index contributed by atoms with van der Waals surface area (Å²) >= 11 is 5.61. The predicted molar refractivity (Wildman–Crippen MR) is 124 cm³/mol. The Morgan fingerprint density at radius 1 is 1.11 bits per heavy atom. The number of anilines is 1. The van der Waals surface area contributed by atoms with Crippen molar-refractivity contribution in [3.63, 3.8) is 0 Å². The maximum Gasteiger partial charge on any atom is 0.417 e. The fourth-order valence-corrected chi connectivity index (χ4v) is 3.84. The van der Waals surface area contributed by atoms with Crippen LogP contribution in [0.5, 0.6) is 0 Å². The van der Waals surface area contributed by atoms with E-state index in [1.54, 1.807) is 18.2 Å². The molecule has 1 aromatic heterocycles. The molecule has 0 fully saturated rings. The van der Waals surface area contributed by atoms with Crippen molar-refractivity contribution >= 4 is 40.4 Å². The number of fused-ring (bicyclic) bond motifs is 1. The van der Waals surface area contributed by atoms with Crippen LogP contribution >= 0.6 is 11.6 Å². The van der Waals surface area contributed by atoms with Crippen LogP contribution < -0.4 is 5.32 Å². The lowest BCUT2D eigenvalue weighted by Crippen LogP contribution is -2.14. The molecule has 0 bridgehead atoms. The van der Waals surface area contributed by atoms with Crippen molar-refractivity contribution in [2.45, 2.75) is 12.1 Å². The first-order valence-corrected chi connectivity index (χ1v) is 10.6. The smallest absolute Gasteiger partial charge is 0.417 e. The SMILES string of the molecule is O=C(O)C(c1ccc(NCC=Cc2ccc(Cl)c(C(F)(F)F)c2)c(F)c1)c1ccc2ocnc2c1. The van der Waals surface area contributed by atoms with Gasteiger partial charge < -0.3 is 14.8 Å². The topological polar surface area (TPSA) is 75.4 Å². The molecule has 1 unspecified atom stereocenters. The van der Waals surface area contributed by atoms with Crippen LogP contribution in [0.4, 0.5) is 23.2 Å². The monoisotopic (exact) mass is 504 g/mol. The average Bonchev–Trinajstić information content (AvgIpc) is 3.26. The number of nitrogens with zero attached hydrogens (tertiary/aromatic N) is 1. The van der Waals surface area contributed by atoms with E-state index in [0.29, 0.717) is 16.7 Å². The van der Waals surface area contributed by atoms with Crippen LogP contribution in [0.25, 0.3) is 17.2 Å². The first-order chi connectivity index (χ1) is 16.6. The van der Waals surface area contributed by atoms with Gasteiger partial charge >= 0.3 is 12.1 Å². The van der Waals surface area contributed by atoms with E-state index in [4.69, 9.17) is 16.0 Å². The molecule has 0 amide bonds. The Balaban J connectivity index is 1.47. The number of carboxylic acids is 1. The number of hydrogen-bond donors (Lipinski definition) is 2. The van der Waals surface area contributed by atoms with Crippen LogP contribution in [0.1, 0.15) is 28.2 Å². The quantitative estimate of drug-likeness (QED) is 0.265. The maximum atomic E-state index is 14.7. The largest absolute Gasteiger partial charge is 0.481 e. The summed E-state index contributed by atoms with van der Waals surface area (Å²) in [6.07, 6.45) is -0.338. The van der Waals surface area contributed by atoms with Gasteiger partial charge in [0, 0.05) is 6.54 Å². The number of hydrogen-bond acceptors (Lipinski definition) is 4. The molecule has 5 nitrogen and oxygen atoms in total. The molecule has 0 aliphatic rings. The van der Waals surface area contributed by atoms with E-state index in [-0.39, 0.29) is 23.4 Å². The lowest BCUT2D eigenvalue weighted by molar-refractivity contribution is -0.138. The average molecular weight is 505 g/mol. The summed E-state index contributed by atoms with van der Waals surface area (Å²) < 4.78 is 58.8. The molecule has 4 rings (SSSR count). The summed E-state index contributed by atoms with van der Waals surface area (Å²) in [5, 5.41) is 12.2. The van der Waals surface area contributed by atoms with Crippen molar-refractivity contribution in [2.24, 2.45) is 0 Å². The fourth-order valence-electron chi connectivity index (χ4n) is 3.61. The van der Waals surface area contributed by atoms with Crippen molar-refractivity contribution in [3.8, 4) is 0 Å². The van der Waals surface area contributed by atoms with Crippen LogP contribution in [-0.2, 0) is 11.0 Å². The summed E-state index contributed by atoms with van der Waals surface area (Å²) in [6.45, 7) is 0.116. The third-order valence-corrected chi connectivity index (χ3v) is 5.61. The van der Waals surface area contributed by atoms with Gasteiger partial charge in [-0.05, 0) is 53.1 Å². The van der Waals surface area contributed by atoms with Crippen molar-refractivity contribution in [3.05, 3.63) is 100 Å². The maximum absolute atomic E-state index is 14.7. The Morgan fingerprint density at radius 3 is 2.57 bits per heavy atom. The highest BCUT2D eigenvalue weighted by molar-refractivity contribution is 6.31. The van der Waals surface area contributed by atoms with E-state index in [1.807, 2.05) is 0 Å². The number of rotatable bonds is 7. The Morgan fingerprint density at radius 2 is 1.86 bits per heavy atom. The number of benzene rings is 3. The Kier molecular flexibility index (Phi) is 6.79. The van der Waals surface area contributed by atoms with Gasteiger partial charge in [0.25, 0.3) is 0 Å². The molecule has 180 valence electrons. The van der Waals surface area contributed by atoms with Gasteiger partial charge in [-0.25, -0.2) is 9.37 Å². The minimum atomic E-state index is -4.57. The molecule has 0 aliphatic carbocycles. The van der Waals surface area contributed by atoms with Crippen LogP contribution in [0.3, 0.4) is 0 Å². The highest BCUT2D eigenvalue weighted by atomic mass is 35.5. The van der Waals surface area contributed by atoms with Gasteiger partial charge in [-0.15, -0.1) is 0 Å². The number of carbonyl (C=O) groups is 1. The number of halogens is 5. The Bertz CT molecular complexity index is 1420. The fraction of sp³-hybridized carbons (Fsp3) is 0.120. The minimum Gasteiger partial charge on any atom is -0.481 e. The van der Waals surface area contributed by atoms with E-state index in [9.17, 15) is 27.5 Å². The second-order valence-electron chi connectivity index (χ2n) is 7.61. The van der Waals surface area contributed by atoms with Gasteiger partial charge in [-0.3, -0.25) is 4.79 Å². The van der Waals surface area contributed by atoms with Gasteiger partial charge in [0.15, 0.2) is 12.0 Å². The highest BCUT2D eigenvalue weighted by Gasteiger charge is 2.33. The van der Waals surface area contributed by atoms with E-state index in [1.165, 1.54) is 36.7 Å². The molecule has 35 heavy (non-hydrogen) atoms. The molecule has 3 aromatic carbocycles. The molecule has 2 N–H and O–H groups in total. The van der Waals surface area contributed by atoms with Crippen molar-refractivity contribution < 1.29 is 31.9 Å². The standard InChI is InChI=1S/C25H17ClF4N2O3/c26-18-6-3-14(10-17(18)25(28,29)30)2-1-9-31-20-7-4-15(11-19(20)27)23(24(33)34)16-5-8-22-21(12-16)32-13-35-22/h1-8,10-13,23,31H,9H2,(H,33,34). The predicted octanol–water partition coefficient (Wildman–Crippen LogP) is 6.98. The number of aromatic nitrogens is 1. The highest BCUT2D eigenvalue weighted by Crippen LogP contribution is 2.35. The molecule has 0 saturated heterocycles. The normalized spacial score (nSPS) is 12.8. The Hall–Kier alpha value is -3.85. The molecular weight excluding hydrogens is 488 g/mol. The summed E-state index contributed by atoms with van der Waals surface area (Å²) in [7, 11) is 0. The van der Waals surface area contributed by atoms with E-state index < -0.39 is 34.5 Å². The van der Waals surface area contributed by atoms with Crippen molar-refractivity contribution in [2.75, 3.05) is 11.9 Å². The third kappa shape index (κ3) is 5.46. The second-order valence-corrected chi connectivity index (χ2v) is 8.02. The first-order valence-electron chi connectivity index (χ1n) is 10.3. The number of oxazole rings is 1. The van der Waals surface area contributed by atoms with Gasteiger partial charge in [0.1, 0.15) is 17.3 Å². The van der Waals surface area contributed by atoms with Gasteiger partial charge in [-0.1, -0.05) is 42.0 Å². The summed E-state index contributed by atoms with van der Waals surface area (Å²) in [5.74, 6) is -2.94. The number of carboxylic acid groups (broad SMARTS) is 1. The molecule has 0 saturated carbocycles. The Labute approximate surface area is 201 Å². The van der Waals surface area contributed by atoms with Gasteiger partial charge in [0.2, 0.25) is 0 Å². The van der Waals surface area contributed by atoms with Gasteiger partial charge in [0.05, 0.1) is 16.3 Å². The van der Waals surface area contributed by atoms with Crippen molar-refractivity contribution in [1.82, 2.24) is 4.98 Å². The van der Waals surface area contributed by atoms with Crippen molar-refractivity contribution in [1.29, 1.82) is 0 Å². The molecular formula is C25H17ClF4N2O3. The van der Waals surface area contributed by atoms with Crippen LogP contribution in [0, 0.1) is 5.82 Å². The summed E-state index contributed by atoms with van der Waals surface area (Å²) in [6, 6.07) is 12.3. The van der Waals surface area contributed by atoms with Crippen LogP contribution in [0.15, 0.2) is 71.5 Å². The molecule has 4 aromatic rings. The number of aliphatic carboxylic acids is 1. The molecule has 1 atom stereocenters. The van der Waals surface area contributed by atoms with Crippen LogP contribution in [0.2, 0.25) is 5.02 Å². The summed E-state index contributed by atoms with van der Waals surface area (Å²) in [5.41, 5.74) is 1.11. The number of alkyl halides is 3. The van der Waals surface area contributed by atoms with Crippen LogP contribution in [-0.4, -0.2) is 22.6 Å². The van der Waals surface area contributed by atoms with Gasteiger partial charge in [-0.2, -0.15) is 13.2 Å².